The number of allylic oxidation sites excluding steroid dienone is 1. The third-order valence-electron chi connectivity index (χ3n) is 7.91. The summed E-state index contributed by atoms with van der Waals surface area (Å²) in [6, 6.07) is 14.1. The standard InChI is InChI=1S/C27H29N/c1-17-6-13-24(27-22-12-11-21(14-22)26(17)27)19-9-7-18(8-10-19)23-15-25(28-16-23)20-4-2-3-5-20/h6-10,13,16,20-22H,2-5,11-12,14-15H2,1H3. The second-order valence-corrected chi connectivity index (χ2v) is 9.47. The zero-order valence-electron chi connectivity index (χ0n) is 16.9. The van der Waals surface area contributed by atoms with E-state index in [1.807, 2.05) is 0 Å². The fraction of sp³-hybridized carbons (Fsp3) is 0.444. The van der Waals surface area contributed by atoms with E-state index < -0.39 is 0 Å². The van der Waals surface area contributed by atoms with Crippen LogP contribution in [0.15, 0.2) is 47.6 Å². The molecule has 0 amide bonds. The van der Waals surface area contributed by atoms with Gasteiger partial charge in [-0.05, 0) is 95.7 Å². The summed E-state index contributed by atoms with van der Waals surface area (Å²) in [6.07, 6.45) is 12.8. The van der Waals surface area contributed by atoms with Crippen LogP contribution in [0.25, 0.3) is 16.7 Å². The van der Waals surface area contributed by atoms with E-state index in [4.69, 9.17) is 4.99 Å². The molecule has 1 heteroatoms. The molecule has 4 aliphatic rings. The van der Waals surface area contributed by atoms with Gasteiger partial charge in [-0.15, -0.1) is 0 Å². The molecule has 1 heterocycles. The van der Waals surface area contributed by atoms with Crippen LogP contribution in [0, 0.1) is 12.8 Å². The predicted molar refractivity (Wildman–Crippen MR) is 118 cm³/mol. The van der Waals surface area contributed by atoms with Crippen LogP contribution in [-0.2, 0) is 0 Å². The molecule has 0 radical (unpaired) electrons. The van der Waals surface area contributed by atoms with Gasteiger partial charge < -0.3 is 0 Å². The molecule has 142 valence electrons. The van der Waals surface area contributed by atoms with E-state index in [1.165, 1.54) is 78.5 Å². The van der Waals surface area contributed by atoms with Crippen molar-refractivity contribution >= 4 is 11.3 Å². The normalized spacial score (nSPS) is 25.9. The smallest absolute Gasteiger partial charge is 0.0309 e. The molecule has 6 rings (SSSR count). The second-order valence-electron chi connectivity index (χ2n) is 9.47. The number of nitrogens with zero attached hydrogens (tertiary/aromatic N) is 1. The molecule has 2 saturated carbocycles. The zero-order chi connectivity index (χ0) is 18.7. The zero-order valence-corrected chi connectivity index (χ0v) is 16.9. The number of fused-ring (bicyclic) bond motifs is 5. The number of rotatable bonds is 3. The lowest BCUT2D eigenvalue weighted by atomic mass is 9.83. The molecule has 2 bridgehead atoms. The van der Waals surface area contributed by atoms with Crippen molar-refractivity contribution in [3.05, 3.63) is 64.9 Å². The van der Waals surface area contributed by atoms with Gasteiger partial charge in [-0.1, -0.05) is 49.2 Å². The van der Waals surface area contributed by atoms with Crippen molar-refractivity contribution in [3.63, 3.8) is 0 Å². The van der Waals surface area contributed by atoms with Gasteiger partial charge in [0.25, 0.3) is 0 Å². The summed E-state index contributed by atoms with van der Waals surface area (Å²) in [7, 11) is 0. The maximum atomic E-state index is 4.79. The molecular formula is C27H29N. The first-order chi connectivity index (χ1) is 13.8. The summed E-state index contributed by atoms with van der Waals surface area (Å²) in [5.41, 5.74) is 11.9. The van der Waals surface area contributed by atoms with Crippen LogP contribution in [0.2, 0.25) is 0 Å². The number of aliphatic imine (C=N–C) groups is 1. The molecule has 0 saturated heterocycles. The highest BCUT2D eigenvalue weighted by molar-refractivity contribution is 5.99. The van der Waals surface area contributed by atoms with E-state index in [0.717, 1.165) is 24.2 Å². The maximum Gasteiger partial charge on any atom is 0.0309 e. The van der Waals surface area contributed by atoms with Crippen molar-refractivity contribution in [2.45, 2.75) is 70.1 Å². The molecule has 2 fully saturated rings. The first-order valence-corrected chi connectivity index (χ1v) is 11.3. The van der Waals surface area contributed by atoms with Gasteiger partial charge in [0, 0.05) is 18.3 Å². The molecule has 3 aliphatic carbocycles. The van der Waals surface area contributed by atoms with Gasteiger partial charge in [-0.2, -0.15) is 0 Å². The summed E-state index contributed by atoms with van der Waals surface area (Å²) >= 11 is 0. The van der Waals surface area contributed by atoms with E-state index in [1.54, 1.807) is 11.1 Å². The van der Waals surface area contributed by atoms with Gasteiger partial charge in [0.2, 0.25) is 0 Å². The molecule has 2 aromatic carbocycles. The Morgan fingerprint density at radius 1 is 0.750 bits per heavy atom. The van der Waals surface area contributed by atoms with Crippen LogP contribution in [0.4, 0.5) is 0 Å². The Balaban J connectivity index is 1.27. The van der Waals surface area contributed by atoms with Gasteiger partial charge in [-0.25, -0.2) is 0 Å². The Morgan fingerprint density at radius 2 is 1.46 bits per heavy atom. The minimum Gasteiger partial charge on any atom is -0.265 e. The number of benzene rings is 2. The van der Waals surface area contributed by atoms with Crippen LogP contribution in [0.1, 0.15) is 85.5 Å². The summed E-state index contributed by atoms with van der Waals surface area (Å²) < 4.78 is 0. The third kappa shape index (κ3) is 2.55. The average Bonchev–Trinajstić information content (AvgIpc) is 3.53. The van der Waals surface area contributed by atoms with Crippen molar-refractivity contribution in [1.29, 1.82) is 0 Å². The number of aryl methyl sites for hydroxylation is 1. The molecule has 0 N–H and O–H groups in total. The lowest BCUT2D eigenvalue weighted by Gasteiger charge is -2.21. The van der Waals surface area contributed by atoms with Crippen molar-refractivity contribution in [1.82, 2.24) is 0 Å². The highest BCUT2D eigenvalue weighted by atomic mass is 14.7. The van der Waals surface area contributed by atoms with Crippen LogP contribution in [0.3, 0.4) is 0 Å². The number of hydrogen-bond donors (Lipinski definition) is 0. The van der Waals surface area contributed by atoms with Crippen molar-refractivity contribution < 1.29 is 0 Å². The van der Waals surface area contributed by atoms with Gasteiger partial charge in [0.05, 0.1) is 0 Å². The molecule has 1 nitrogen and oxygen atoms in total. The Hall–Kier alpha value is -2.15. The van der Waals surface area contributed by atoms with E-state index in [-0.39, 0.29) is 0 Å². The molecule has 0 aromatic heterocycles. The van der Waals surface area contributed by atoms with Crippen molar-refractivity contribution in [2.75, 3.05) is 0 Å². The largest absolute Gasteiger partial charge is 0.265 e. The Bertz CT molecular complexity index is 986. The van der Waals surface area contributed by atoms with Gasteiger partial charge in [-0.3, -0.25) is 4.99 Å². The van der Waals surface area contributed by atoms with Gasteiger partial charge in [0.15, 0.2) is 0 Å². The molecule has 1 aliphatic heterocycles. The van der Waals surface area contributed by atoms with Crippen LogP contribution < -0.4 is 0 Å². The first-order valence-electron chi connectivity index (χ1n) is 11.3. The van der Waals surface area contributed by atoms with E-state index in [2.05, 4.69) is 49.5 Å². The van der Waals surface area contributed by atoms with Crippen LogP contribution >= 0.6 is 0 Å². The van der Waals surface area contributed by atoms with Crippen LogP contribution in [-0.4, -0.2) is 5.71 Å². The minimum atomic E-state index is 0.749. The molecule has 2 aromatic rings. The Labute approximate surface area is 168 Å². The van der Waals surface area contributed by atoms with Gasteiger partial charge in [0.1, 0.15) is 0 Å². The fourth-order valence-electron chi connectivity index (χ4n) is 6.48. The molecule has 0 spiro atoms. The van der Waals surface area contributed by atoms with E-state index in [9.17, 15) is 0 Å². The third-order valence-corrected chi connectivity index (χ3v) is 7.91. The number of hydrogen-bond acceptors (Lipinski definition) is 1. The van der Waals surface area contributed by atoms with Crippen LogP contribution in [0.5, 0.6) is 0 Å². The molecule has 2 unspecified atom stereocenters. The second kappa shape index (κ2) is 6.44. The predicted octanol–water partition coefficient (Wildman–Crippen LogP) is 7.40. The highest BCUT2D eigenvalue weighted by Crippen LogP contribution is 2.56. The topological polar surface area (TPSA) is 12.4 Å². The molecule has 2 atom stereocenters. The SMILES string of the molecule is Cc1ccc(-c2ccc(C3=CN=C(C4CCCC4)C3)cc2)c2c1C1CCC2C1. The highest BCUT2D eigenvalue weighted by Gasteiger charge is 2.39. The summed E-state index contributed by atoms with van der Waals surface area (Å²) in [4.78, 5) is 4.79. The molecular weight excluding hydrogens is 338 g/mol. The Morgan fingerprint density at radius 3 is 2.25 bits per heavy atom. The summed E-state index contributed by atoms with van der Waals surface area (Å²) in [5, 5.41) is 0. The fourth-order valence-corrected chi connectivity index (χ4v) is 6.48. The first kappa shape index (κ1) is 16.8. The quantitative estimate of drug-likeness (QED) is 0.536. The monoisotopic (exact) mass is 367 g/mol. The summed E-state index contributed by atoms with van der Waals surface area (Å²) in [6.45, 7) is 2.31. The molecule has 28 heavy (non-hydrogen) atoms. The van der Waals surface area contributed by atoms with Crippen molar-refractivity contribution in [2.24, 2.45) is 10.9 Å². The van der Waals surface area contributed by atoms with E-state index >= 15 is 0 Å². The van der Waals surface area contributed by atoms with Crippen molar-refractivity contribution in [3.8, 4) is 11.1 Å². The Kier molecular flexibility index (Phi) is 3.86. The average molecular weight is 368 g/mol. The van der Waals surface area contributed by atoms with E-state index in [0.29, 0.717) is 0 Å². The lowest BCUT2D eigenvalue weighted by molar-refractivity contribution is 0.715. The van der Waals surface area contributed by atoms with Gasteiger partial charge >= 0.3 is 0 Å². The minimum absolute atomic E-state index is 0.749. The summed E-state index contributed by atoms with van der Waals surface area (Å²) in [5.74, 6) is 2.38. The maximum absolute atomic E-state index is 4.79. The lowest BCUT2D eigenvalue weighted by Crippen LogP contribution is -2.08.